The molecule has 0 saturated carbocycles. The van der Waals surface area contributed by atoms with Crippen LogP contribution in [0.3, 0.4) is 0 Å². The average molecular weight is 471 g/mol. The minimum absolute atomic E-state index is 0. The van der Waals surface area contributed by atoms with E-state index in [9.17, 15) is 26.7 Å². The molecule has 0 radical (unpaired) electrons. The predicted molar refractivity (Wildman–Crippen MR) is 112 cm³/mol. The fraction of sp³-hybridized carbons (Fsp3) is 0.421. The molecule has 0 fully saturated rings. The standard InChI is InChI=1S/C18H24F5N5O2.CH2O.2H2/c1-3-7-26-15-9-12(6-8-27-15)11(2)28-16(29)13(24)4-5-14(25)30-10-17(19,20)18(21,22)23;1-2;;/h4-6,8-9,11H,3,7,10,24-25H2,1-2H3,(H,26,27)(H,28,29);1H2;2*1H/b13-4-,14-5+;;;. The van der Waals surface area contributed by atoms with Crippen molar-refractivity contribution in [1.29, 1.82) is 0 Å². The first-order valence-electron chi connectivity index (χ1n) is 9.17. The third kappa shape index (κ3) is 9.62. The molecule has 1 amide bonds. The minimum Gasteiger partial charge on any atom is -0.473 e. The van der Waals surface area contributed by atoms with Crippen LogP contribution in [0.4, 0.5) is 27.8 Å². The van der Waals surface area contributed by atoms with Crippen molar-refractivity contribution in [3.8, 4) is 0 Å². The number of aromatic nitrogens is 1. The first kappa shape index (κ1) is 28.6. The topological polar surface area (TPSA) is 132 Å². The Hall–Kier alpha value is -3.38. The second-order valence-corrected chi connectivity index (χ2v) is 6.28. The van der Waals surface area contributed by atoms with E-state index < -0.39 is 36.5 Å². The molecule has 1 atom stereocenters. The van der Waals surface area contributed by atoms with Crippen molar-refractivity contribution in [1.82, 2.24) is 10.3 Å². The molecular formula is C19H30F5N5O3. The fourth-order valence-electron chi connectivity index (χ4n) is 1.98. The summed E-state index contributed by atoms with van der Waals surface area (Å²) in [7, 11) is 0. The van der Waals surface area contributed by atoms with Gasteiger partial charge in [-0.15, -0.1) is 0 Å². The average Bonchev–Trinajstić information content (AvgIpc) is 2.75. The molecule has 8 nitrogen and oxygen atoms in total. The normalized spacial score (nSPS) is 13.5. The number of carbonyl (C=O) groups excluding carboxylic acids is 2. The Kier molecular flexibility index (Phi) is 11.7. The summed E-state index contributed by atoms with van der Waals surface area (Å²) in [6.45, 7) is 4.45. The van der Waals surface area contributed by atoms with Crippen LogP contribution in [0.2, 0.25) is 0 Å². The summed E-state index contributed by atoms with van der Waals surface area (Å²) in [4.78, 5) is 24.3. The number of nitrogens with one attached hydrogen (secondary N) is 2. The second kappa shape index (κ2) is 13.1. The van der Waals surface area contributed by atoms with Gasteiger partial charge in [-0.2, -0.15) is 22.0 Å². The molecule has 0 spiro atoms. The minimum atomic E-state index is -5.77. The van der Waals surface area contributed by atoms with Crippen molar-refractivity contribution in [2.24, 2.45) is 11.5 Å². The molecule has 0 aliphatic carbocycles. The van der Waals surface area contributed by atoms with Crippen molar-refractivity contribution in [2.75, 3.05) is 18.5 Å². The van der Waals surface area contributed by atoms with Gasteiger partial charge in [0.25, 0.3) is 5.91 Å². The highest BCUT2D eigenvalue weighted by atomic mass is 19.4. The number of ether oxygens (including phenoxy) is 1. The number of halogens is 5. The molecule has 1 aromatic rings. The van der Waals surface area contributed by atoms with Crippen LogP contribution in [0.5, 0.6) is 0 Å². The number of alkyl halides is 5. The molecule has 1 unspecified atom stereocenters. The smallest absolute Gasteiger partial charge is 0.456 e. The highest BCUT2D eigenvalue weighted by Crippen LogP contribution is 2.35. The predicted octanol–water partition coefficient (Wildman–Crippen LogP) is 3.24. The maximum atomic E-state index is 12.8. The summed E-state index contributed by atoms with van der Waals surface area (Å²) >= 11 is 0. The molecule has 13 heteroatoms. The van der Waals surface area contributed by atoms with E-state index >= 15 is 0 Å². The molecule has 1 heterocycles. The second-order valence-electron chi connectivity index (χ2n) is 6.28. The highest BCUT2D eigenvalue weighted by Gasteiger charge is 2.58. The number of nitrogens with zero attached hydrogens (tertiary/aromatic N) is 1. The maximum Gasteiger partial charge on any atom is 0.456 e. The van der Waals surface area contributed by atoms with Crippen LogP contribution >= 0.6 is 0 Å². The van der Waals surface area contributed by atoms with E-state index in [0.29, 0.717) is 5.82 Å². The van der Waals surface area contributed by atoms with E-state index in [1.54, 1.807) is 25.3 Å². The summed E-state index contributed by atoms with van der Waals surface area (Å²) in [5.74, 6) is -5.89. The number of nitrogens with two attached hydrogens (primary N) is 2. The zero-order chi connectivity index (χ0) is 24.9. The van der Waals surface area contributed by atoms with Gasteiger partial charge in [-0.25, -0.2) is 4.98 Å². The van der Waals surface area contributed by atoms with Gasteiger partial charge < -0.3 is 31.6 Å². The molecular weight excluding hydrogens is 441 g/mol. The lowest BCUT2D eigenvalue weighted by atomic mass is 10.1. The van der Waals surface area contributed by atoms with Gasteiger partial charge >= 0.3 is 12.1 Å². The molecule has 0 saturated heterocycles. The van der Waals surface area contributed by atoms with E-state index in [2.05, 4.69) is 20.4 Å². The van der Waals surface area contributed by atoms with Gasteiger partial charge in [-0.3, -0.25) is 4.79 Å². The third-order valence-electron chi connectivity index (χ3n) is 3.71. The van der Waals surface area contributed by atoms with Crippen molar-refractivity contribution >= 4 is 18.5 Å². The molecule has 0 aromatic carbocycles. The third-order valence-corrected chi connectivity index (χ3v) is 3.71. The van der Waals surface area contributed by atoms with Gasteiger partial charge in [0.2, 0.25) is 0 Å². The van der Waals surface area contributed by atoms with Crippen molar-refractivity contribution in [2.45, 2.75) is 38.4 Å². The van der Waals surface area contributed by atoms with Crippen molar-refractivity contribution in [3.63, 3.8) is 0 Å². The highest BCUT2D eigenvalue weighted by molar-refractivity contribution is 5.93. The molecule has 0 aliphatic rings. The summed E-state index contributed by atoms with van der Waals surface area (Å²) in [6.07, 6.45) is -1.54. The maximum absolute atomic E-state index is 12.8. The number of hydrogen-bond donors (Lipinski definition) is 4. The monoisotopic (exact) mass is 471 g/mol. The lowest BCUT2D eigenvalue weighted by molar-refractivity contribution is -0.293. The molecule has 0 aliphatic heterocycles. The van der Waals surface area contributed by atoms with Gasteiger partial charge in [-0.1, -0.05) is 6.92 Å². The molecule has 6 N–H and O–H groups in total. The Morgan fingerprint density at radius 3 is 2.47 bits per heavy atom. The van der Waals surface area contributed by atoms with Crippen LogP contribution in [0.1, 0.15) is 34.7 Å². The Morgan fingerprint density at radius 2 is 1.91 bits per heavy atom. The Labute approximate surface area is 184 Å². The molecule has 1 rings (SSSR count). The van der Waals surface area contributed by atoms with Gasteiger partial charge in [0.1, 0.15) is 12.6 Å². The molecule has 0 bridgehead atoms. The van der Waals surface area contributed by atoms with Crippen LogP contribution in [0.15, 0.2) is 42.1 Å². The summed E-state index contributed by atoms with van der Waals surface area (Å²) < 4.78 is 65.9. The Morgan fingerprint density at radius 1 is 1.28 bits per heavy atom. The van der Waals surface area contributed by atoms with Crippen molar-refractivity contribution in [3.05, 3.63) is 47.6 Å². The molecule has 184 valence electrons. The zero-order valence-electron chi connectivity index (χ0n) is 17.5. The van der Waals surface area contributed by atoms with Crippen LogP contribution in [-0.2, 0) is 14.3 Å². The molecule has 32 heavy (non-hydrogen) atoms. The van der Waals surface area contributed by atoms with E-state index in [0.717, 1.165) is 30.7 Å². The van der Waals surface area contributed by atoms with E-state index in [1.807, 2.05) is 13.7 Å². The number of allylic oxidation sites excluding steroid dienone is 2. The van der Waals surface area contributed by atoms with Crippen LogP contribution in [0, 0.1) is 0 Å². The van der Waals surface area contributed by atoms with E-state index in [4.69, 9.17) is 16.3 Å². The van der Waals surface area contributed by atoms with Crippen LogP contribution in [-0.4, -0.2) is 42.9 Å². The van der Waals surface area contributed by atoms with Crippen molar-refractivity contribution < 1.29 is 39.1 Å². The number of pyridine rings is 1. The number of anilines is 1. The summed E-state index contributed by atoms with van der Waals surface area (Å²) in [6, 6.07) is 3.01. The first-order valence-corrected chi connectivity index (χ1v) is 9.17. The number of amides is 1. The first-order chi connectivity index (χ1) is 14.9. The summed E-state index contributed by atoms with van der Waals surface area (Å²) in [5.41, 5.74) is 11.2. The number of carbonyl (C=O) groups is 2. The van der Waals surface area contributed by atoms with E-state index in [-0.39, 0.29) is 8.55 Å². The fourth-order valence-corrected chi connectivity index (χ4v) is 1.98. The lowest BCUT2D eigenvalue weighted by Crippen LogP contribution is -2.41. The Bertz CT molecular complexity index is 811. The number of hydrogen-bond acceptors (Lipinski definition) is 7. The van der Waals surface area contributed by atoms with Gasteiger partial charge in [0, 0.05) is 15.6 Å². The van der Waals surface area contributed by atoms with Crippen LogP contribution in [0.25, 0.3) is 0 Å². The largest absolute Gasteiger partial charge is 0.473 e. The quantitative estimate of drug-likeness (QED) is 0.178. The summed E-state index contributed by atoms with van der Waals surface area (Å²) in [5, 5.41) is 5.72. The molecule has 1 aromatic heterocycles. The SMILES string of the molecule is C=O.CCCNc1cc(C(C)NC(=O)/C(N)=C/C=C(\N)OCC(F)(F)C(F)(F)F)ccn1.[HH].[HH]. The number of rotatable bonds is 10. The van der Waals surface area contributed by atoms with Crippen LogP contribution < -0.4 is 22.1 Å². The zero-order valence-corrected chi connectivity index (χ0v) is 17.5. The lowest BCUT2D eigenvalue weighted by Gasteiger charge is -2.19. The van der Waals surface area contributed by atoms with Gasteiger partial charge in [0.15, 0.2) is 12.5 Å². The Balaban J connectivity index is -0.00000233. The van der Waals surface area contributed by atoms with Gasteiger partial charge in [-0.05, 0) is 43.2 Å². The van der Waals surface area contributed by atoms with Gasteiger partial charge in [0.05, 0.1) is 11.7 Å². The van der Waals surface area contributed by atoms with E-state index in [1.165, 1.54) is 0 Å².